The highest BCUT2D eigenvalue weighted by molar-refractivity contribution is 6.32. The van der Waals surface area contributed by atoms with Gasteiger partial charge in [0.25, 0.3) is 0 Å². The van der Waals surface area contributed by atoms with Crippen molar-refractivity contribution in [2.45, 2.75) is 64.5 Å². The summed E-state index contributed by atoms with van der Waals surface area (Å²) in [6.07, 6.45) is 8.26. The summed E-state index contributed by atoms with van der Waals surface area (Å²) in [4.78, 5) is 42.0. The van der Waals surface area contributed by atoms with Crippen LogP contribution in [-0.2, 0) is 19.1 Å². The molecule has 3 heterocycles. The van der Waals surface area contributed by atoms with Crippen molar-refractivity contribution in [2.24, 2.45) is 17.3 Å². The van der Waals surface area contributed by atoms with E-state index in [-0.39, 0.29) is 42.1 Å². The summed E-state index contributed by atoms with van der Waals surface area (Å²) in [5.74, 6) is 0.709. The zero-order valence-corrected chi connectivity index (χ0v) is 24.6. The van der Waals surface area contributed by atoms with E-state index in [1.807, 2.05) is 0 Å². The van der Waals surface area contributed by atoms with Crippen LogP contribution in [0.2, 0.25) is 5.02 Å². The molecule has 3 aliphatic rings. The van der Waals surface area contributed by atoms with Gasteiger partial charge < -0.3 is 25.4 Å². The minimum Gasteiger partial charge on any atom is -0.495 e. The molecule has 3 amide bonds. The first kappa shape index (κ1) is 30.3. The first-order chi connectivity index (χ1) is 19.2. The Kier molecular flexibility index (Phi) is 10.5. The quantitative estimate of drug-likeness (QED) is 0.446. The number of nitrogens with zero attached hydrogens (tertiary/aromatic N) is 1. The number of carbonyl (C=O) groups is 3. The Morgan fingerprint density at radius 1 is 1.23 bits per heavy atom. The number of halogens is 1. The van der Waals surface area contributed by atoms with Crippen molar-refractivity contribution in [1.82, 2.24) is 15.5 Å². The number of fused-ring (bicyclic) bond motifs is 1. The molecule has 0 radical (unpaired) electrons. The van der Waals surface area contributed by atoms with Gasteiger partial charge in [-0.15, -0.1) is 0 Å². The molecule has 1 aromatic carbocycles. The Labute approximate surface area is 242 Å². The van der Waals surface area contributed by atoms with E-state index in [9.17, 15) is 14.4 Å². The van der Waals surface area contributed by atoms with Crippen LogP contribution in [0.3, 0.4) is 0 Å². The lowest BCUT2D eigenvalue weighted by Gasteiger charge is -2.41. The monoisotopic (exact) mass is 574 g/mol. The van der Waals surface area contributed by atoms with Gasteiger partial charge in [0.15, 0.2) is 0 Å². The average molecular weight is 575 g/mol. The lowest BCUT2D eigenvalue weighted by atomic mass is 9.74. The smallest absolute Gasteiger partial charge is 0.242 e. The van der Waals surface area contributed by atoms with E-state index < -0.39 is 11.5 Å². The van der Waals surface area contributed by atoms with E-state index in [0.29, 0.717) is 68.4 Å². The maximum absolute atomic E-state index is 13.8. The molecule has 0 saturated carbocycles. The average Bonchev–Trinajstić information content (AvgIpc) is 2.92. The van der Waals surface area contributed by atoms with Gasteiger partial charge in [-0.05, 0) is 75.7 Å². The van der Waals surface area contributed by atoms with E-state index in [1.54, 1.807) is 25.3 Å². The molecule has 2 fully saturated rings. The minimum absolute atomic E-state index is 0.0502. The number of nitrogens with one attached hydrogen (secondary N) is 3. The summed E-state index contributed by atoms with van der Waals surface area (Å²) < 4.78 is 10.9. The zero-order chi connectivity index (χ0) is 28.7. The molecule has 2 saturated heterocycles. The van der Waals surface area contributed by atoms with Gasteiger partial charge in [-0.25, -0.2) is 0 Å². The van der Waals surface area contributed by atoms with Crippen molar-refractivity contribution in [2.75, 3.05) is 45.3 Å². The Hall–Kier alpha value is -2.62. The van der Waals surface area contributed by atoms with Crippen LogP contribution in [0.15, 0.2) is 30.4 Å². The highest BCUT2D eigenvalue weighted by Crippen LogP contribution is 2.37. The summed E-state index contributed by atoms with van der Waals surface area (Å²) in [5, 5.41) is 9.69. The highest BCUT2D eigenvalue weighted by atomic mass is 35.5. The SMILES string of the molecule is COc1ccc(NC(=O)CN2CCC3(C/C=C/C[C@@H]4COCC[C@@H]4NC(=O)[C@H](CC(C)C)NC3=O)CC2)cc1Cl. The van der Waals surface area contributed by atoms with Crippen LogP contribution < -0.4 is 20.7 Å². The normalized spacial score (nSPS) is 26.6. The first-order valence-corrected chi connectivity index (χ1v) is 14.8. The van der Waals surface area contributed by atoms with E-state index in [4.69, 9.17) is 21.1 Å². The molecular formula is C30H43ClN4O5. The minimum atomic E-state index is -0.621. The molecule has 0 bridgehead atoms. The van der Waals surface area contributed by atoms with Crippen LogP contribution in [-0.4, -0.2) is 74.7 Å². The molecule has 3 aliphatic heterocycles. The predicted molar refractivity (Wildman–Crippen MR) is 155 cm³/mol. The fourth-order valence-electron chi connectivity index (χ4n) is 5.91. The summed E-state index contributed by atoms with van der Waals surface area (Å²) in [6.45, 7) is 6.83. The van der Waals surface area contributed by atoms with Crippen molar-refractivity contribution in [1.29, 1.82) is 0 Å². The molecule has 0 aromatic heterocycles. The second-order valence-electron chi connectivity index (χ2n) is 11.8. The van der Waals surface area contributed by atoms with Crippen LogP contribution >= 0.6 is 11.6 Å². The molecule has 3 N–H and O–H groups in total. The third-order valence-electron chi connectivity index (χ3n) is 8.34. The van der Waals surface area contributed by atoms with E-state index in [0.717, 1.165) is 12.8 Å². The molecule has 0 unspecified atom stereocenters. The fourth-order valence-corrected chi connectivity index (χ4v) is 6.17. The lowest BCUT2D eigenvalue weighted by molar-refractivity contribution is -0.138. The standard InChI is InChI=1S/C30H43ClN4O5/c1-20(2)16-25-28(37)33-24-9-15-40-19-21(24)6-4-5-10-30(29(38)34-25)11-13-35(14-12-30)18-27(36)32-22-7-8-26(39-3)23(31)17-22/h4-5,7-8,17,20-21,24-25H,6,9-16,18-19H2,1-3H3,(H,32,36)(H,33,37)(H,34,38)/b5-4+/t21-,24+,25+/m1/s1. The second kappa shape index (κ2) is 13.8. The lowest BCUT2D eigenvalue weighted by Crippen LogP contribution is -2.57. The molecule has 3 atom stereocenters. The van der Waals surface area contributed by atoms with Crippen molar-refractivity contribution in [3.05, 3.63) is 35.4 Å². The number of likely N-dealkylation sites (tertiary alicyclic amines) is 1. The largest absolute Gasteiger partial charge is 0.495 e. The maximum atomic E-state index is 13.8. The zero-order valence-electron chi connectivity index (χ0n) is 23.8. The van der Waals surface area contributed by atoms with Gasteiger partial charge in [0.2, 0.25) is 17.7 Å². The van der Waals surface area contributed by atoms with Gasteiger partial charge in [0.05, 0.1) is 30.7 Å². The van der Waals surface area contributed by atoms with E-state index >= 15 is 0 Å². The van der Waals surface area contributed by atoms with Gasteiger partial charge in [0, 0.05) is 24.3 Å². The molecule has 9 nitrogen and oxygen atoms in total. The van der Waals surface area contributed by atoms with Crippen molar-refractivity contribution < 1.29 is 23.9 Å². The Balaban J connectivity index is 1.42. The van der Waals surface area contributed by atoms with Crippen LogP contribution in [0.4, 0.5) is 5.69 Å². The van der Waals surface area contributed by atoms with E-state index in [2.05, 4.69) is 46.8 Å². The molecular weight excluding hydrogens is 532 g/mol. The molecule has 220 valence electrons. The maximum Gasteiger partial charge on any atom is 0.242 e. The number of amides is 3. The van der Waals surface area contributed by atoms with Crippen molar-refractivity contribution in [3.63, 3.8) is 0 Å². The molecule has 10 heteroatoms. The number of piperidine rings is 1. The number of hydrogen-bond acceptors (Lipinski definition) is 6. The van der Waals surface area contributed by atoms with Gasteiger partial charge in [0.1, 0.15) is 11.8 Å². The third-order valence-corrected chi connectivity index (χ3v) is 8.64. The van der Waals surface area contributed by atoms with Crippen LogP contribution in [0.25, 0.3) is 0 Å². The first-order valence-electron chi connectivity index (χ1n) is 14.4. The van der Waals surface area contributed by atoms with E-state index in [1.165, 1.54) is 0 Å². The second-order valence-corrected chi connectivity index (χ2v) is 12.2. The number of ether oxygens (including phenoxy) is 2. The fraction of sp³-hybridized carbons (Fsp3) is 0.633. The summed E-state index contributed by atoms with van der Waals surface area (Å²) in [6, 6.07) is 4.61. The van der Waals surface area contributed by atoms with Gasteiger partial charge in [-0.2, -0.15) is 0 Å². The summed E-state index contributed by atoms with van der Waals surface area (Å²) >= 11 is 6.19. The number of allylic oxidation sites excluding steroid dienone is 2. The molecule has 0 aliphatic carbocycles. The third kappa shape index (κ3) is 7.77. The van der Waals surface area contributed by atoms with Crippen LogP contribution in [0.5, 0.6) is 5.75 Å². The number of hydrogen-bond donors (Lipinski definition) is 3. The number of methoxy groups -OCH3 is 1. The van der Waals surface area contributed by atoms with Crippen LogP contribution in [0, 0.1) is 17.3 Å². The summed E-state index contributed by atoms with van der Waals surface area (Å²) in [5.41, 5.74) is -0.0161. The topological polar surface area (TPSA) is 109 Å². The number of anilines is 1. The number of rotatable bonds is 6. The van der Waals surface area contributed by atoms with Gasteiger partial charge in [-0.3, -0.25) is 19.3 Å². The predicted octanol–water partition coefficient (Wildman–Crippen LogP) is 3.77. The molecule has 4 rings (SSSR count). The molecule has 1 aromatic rings. The van der Waals surface area contributed by atoms with Gasteiger partial charge >= 0.3 is 0 Å². The Morgan fingerprint density at radius 3 is 2.70 bits per heavy atom. The Bertz CT molecular complexity index is 1090. The van der Waals surface area contributed by atoms with Crippen molar-refractivity contribution >= 4 is 35.0 Å². The van der Waals surface area contributed by atoms with Crippen LogP contribution in [0.1, 0.15) is 52.4 Å². The van der Waals surface area contributed by atoms with Crippen molar-refractivity contribution in [3.8, 4) is 5.75 Å². The molecule has 1 spiro atoms. The summed E-state index contributed by atoms with van der Waals surface area (Å²) in [7, 11) is 1.54. The Morgan fingerprint density at radius 2 is 2.00 bits per heavy atom. The number of benzene rings is 1. The van der Waals surface area contributed by atoms with Gasteiger partial charge in [-0.1, -0.05) is 37.6 Å². The highest BCUT2D eigenvalue weighted by Gasteiger charge is 2.42. The number of carbonyl (C=O) groups excluding carboxylic acids is 3. The molecule has 40 heavy (non-hydrogen) atoms.